The number of carbonyl (C=O) groups excluding carboxylic acids is 1. The maximum Gasteiger partial charge on any atom is 0.157 e. The molecular formula is C14H13NO2. The van der Waals surface area contributed by atoms with Crippen LogP contribution in [0.2, 0.25) is 0 Å². The van der Waals surface area contributed by atoms with Crippen molar-refractivity contribution >= 4 is 11.5 Å². The average Bonchev–Trinajstić information content (AvgIpc) is 2.83. The molecule has 1 spiro atoms. The predicted molar refractivity (Wildman–Crippen MR) is 63.8 cm³/mol. The normalized spacial score (nSPS) is 33.5. The Labute approximate surface area is 99.5 Å². The number of ether oxygens (including phenoxy) is 1. The summed E-state index contributed by atoms with van der Waals surface area (Å²) in [4.78, 5) is 11.8. The van der Waals surface area contributed by atoms with Gasteiger partial charge < -0.3 is 10.1 Å². The standard InChI is InChI=1S/C14H13NO2/c16-10-7-9-5-6-17-13-14(9,8-10)11-3-1-2-4-12(11)15-13/h1-4,7,13,15H,5-6,8H2/t13-,14-/m0/s1. The Morgan fingerprint density at radius 1 is 1.35 bits per heavy atom. The van der Waals surface area contributed by atoms with Crippen molar-refractivity contribution in [2.24, 2.45) is 0 Å². The van der Waals surface area contributed by atoms with Gasteiger partial charge in [-0.25, -0.2) is 0 Å². The Bertz CT molecular complexity index is 549. The van der Waals surface area contributed by atoms with Crippen molar-refractivity contribution in [2.75, 3.05) is 11.9 Å². The predicted octanol–water partition coefficient (Wildman–Crippen LogP) is 2.00. The summed E-state index contributed by atoms with van der Waals surface area (Å²) in [6.07, 6.45) is 3.19. The molecule has 2 heterocycles. The third-order valence-corrected chi connectivity index (χ3v) is 4.16. The van der Waals surface area contributed by atoms with Crippen LogP contribution in [0.4, 0.5) is 5.69 Å². The first-order valence-corrected chi connectivity index (χ1v) is 6.02. The van der Waals surface area contributed by atoms with Gasteiger partial charge in [0.1, 0.15) is 6.23 Å². The lowest BCUT2D eigenvalue weighted by Crippen LogP contribution is -2.45. The molecule has 1 fully saturated rings. The van der Waals surface area contributed by atoms with Crippen LogP contribution in [0.5, 0.6) is 0 Å². The fourth-order valence-corrected chi connectivity index (χ4v) is 3.46. The van der Waals surface area contributed by atoms with Crippen molar-refractivity contribution in [1.82, 2.24) is 0 Å². The number of hydrogen-bond acceptors (Lipinski definition) is 3. The maximum atomic E-state index is 11.8. The smallest absolute Gasteiger partial charge is 0.157 e. The number of rotatable bonds is 0. The molecule has 0 bridgehead atoms. The highest BCUT2D eigenvalue weighted by Gasteiger charge is 2.55. The van der Waals surface area contributed by atoms with E-state index >= 15 is 0 Å². The Hall–Kier alpha value is -1.61. The number of ketones is 1. The topological polar surface area (TPSA) is 38.3 Å². The van der Waals surface area contributed by atoms with Crippen molar-refractivity contribution in [3.63, 3.8) is 0 Å². The van der Waals surface area contributed by atoms with Gasteiger partial charge in [-0.2, -0.15) is 0 Å². The number of para-hydroxylation sites is 1. The molecule has 1 aromatic carbocycles. The van der Waals surface area contributed by atoms with E-state index in [4.69, 9.17) is 4.74 Å². The fraction of sp³-hybridized carbons (Fsp3) is 0.357. The van der Waals surface area contributed by atoms with E-state index in [-0.39, 0.29) is 17.4 Å². The molecule has 4 rings (SSSR count). The summed E-state index contributed by atoms with van der Waals surface area (Å²) in [7, 11) is 0. The third kappa shape index (κ3) is 1.03. The van der Waals surface area contributed by atoms with Crippen LogP contribution in [-0.2, 0) is 14.9 Å². The minimum absolute atomic E-state index is 0.0636. The molecule has 1 N–H and O–H groups in total. The number of allylic oxidation sites excluding steroid dienone is 1. The molecule has 3 aliphatic rings. The molecule has 2 aliphatic heterocycles. The van der Waals surface area contributed by atoms with E-state index in [1.54, 1.807) is 0 Å². The van der Waals surface area contributed by atoms with Crippen molar-refractivity contribution < 1.29 is 9.53 Å². The SMILES string of the molecule is O=C1C=C2CCO[C@@H]3Nc4ccccc4[C@]23C1. The van der Waals surface area contributed by atoms with Gasteiger partial charge in [-0.3, -0.25) is 4.79 Å². The summed E-state index contributed by atoms with van der Waals surface area (Å²) in [6, 6.07) is 8.22. The quantitative estimate of drug-likeness (QED) is 0.736. The number of carbonyl (C=O) groups is 1. The van der Waals surface area contributed by atoms with Crippen molar-refractivity contribution in [3.8, 4) is 0 Å². The summed E-state index contributed by atoms with van der Waals surface area (Å²) in [5.41, 5.74) is 3.37. The zero-order valence-electron chi connectivity index (χ0n) is 9.40. The van der Waals surface area contributed by atoms with E-state index in [0.29, 0.717) is 13.0 Å². The van der Waals surface area contributed by atoms with Crippen LogP contribution >= 0.6 is 0 Å². The van der Waals surface area contributed by atoms with E-state index in [9.17, 15) is 4.79 Å². The van der Waals surface area contributed by atoms with E-state index in [2.05, 4.69) is 17.4 Å². The van der Waals surface area contributed by atoms with Gasteiger partial charge in [0, 0.05) is 12.1 Å². The van der Waals surface area contributed by atoms with Crippen molar-refractivity contribution in [1.29, 1.82) is 0 Å². The van der Waals surface area contributed by atoms with Gasteiger partial charge in [-0.15, -0.1) is 0 Å². The van der Waals surface area contributed by atoms with Crippen LogP contribution in [0.25, 0.3) is 0 Å². The Morgan fingerprint density at radius 2 is 2.24 bits per heavy atom. The van der Waals surface area contributed by atoms with Gasteiger partial charge in [-0.05, 0) is 29.7 Å². The second-order valence-electron chi connectivity index (χ2n) is 4.97. The molecule has 0 aromatic heterocycles. The summed E-state index contributed by atoms with van der Waals surface area (Å²) >= 11 is 0. The minimum atomic E-state index is -0.216. The first kappa shape index (κ1) is 9.42. The van der Waals surface area contributed by atoms with Gasteiger partial charge in [0.15, 0.2) is 5.78 Å². The molecule has 0 saturated carbocycles. The Morgan fingerprint density at radius 3 is 3.18 bits per heavy atom. The van der Waals surface area contributed by atoms with Gasteiger partial charge in [0.25, 0.3) is 0 Å². The maximum absolute atomic E-state index is 11.8. The summed E-state index contributed by atoms with van der Waals surface area (Å²) in [6.45, 7) is 0.701. The molecule has 17 heavy (non-hydrogen) atoms. The van der Waals surface area contributed by atoms with E-state index in [0.717, 1.165) is 12.1 Å². The Kier molecular flexibility index (Phi) is 1.66. The van der Waals surface area contributed by atoms with Gasteiger partial charge in [0.05, 0.1) is 12.0 Å². The summed E-state index contributed by atoms with van der Waals surface area (Å²) in [5.74, 6) is 0.231. The summed E-state index contributed by atoms with van der Waals surface area (Å²) in [5, 5.41) is 3.40. The molecule has 3 nitrogen and oxygen atoms in total. The van der Waals surface area contributed by atoms with Crippen LogP contribution in [0.1, 0.15) is 18.4 Å². The molecule has 1 aromatic rings. The van der Waals surface area contributed by atoms with Gasteiger partial charge in [0.2, 0.25) is 0 Å². The number of fused-ring (bicyclic) bond motifs is 1. The van der Waals surface area contributed by atoms with Crippen molar-refractivity contribution in [2.45, 2.75) is 24.5 Å². The monoisotopic (exact) mass is 227 g/mol. The van der Waals surface area contributed by atoms with Crippen LogP contribution in [0, 0.1) is 0 Å². The lowest BCUT2D eigenvalue weighted by Gasteiger charge is -2.38. The van der Waals surface area contributed by atoms with Crippen LogP contribution in [-0.4, -0.2) is 18.6 Å². The summed E-state index contributed by atoms with van der Waals surface area (Å²) < 4.78 is 5.83. The van der Waals surface area contributed by atoms with Gasteiger partial charge in [-0.1, -0.05) is 18.2 Å². The highest BCUT2D eigenvalue weighted by Crippen LogP contribution is 2.54. The zero-order valence-corrected chi connectivity index (χ0v) is 9.40. The average molecular weight is 227 g/mol. The fourth-order valence-electron chi connectivity index (χ4n) is 3.46. The molecule has 0 radical (unpaired) electrons. The first-order valence-electron chi connectivity index (χ1n) is 6.02. The number of benzene rings is 1. The number of hydrogen-bond donors (Lipinski definition) is 1. The molecule has 1 saturated heterocycles. The molecule has 2 atom stereocenters. The lowest BCUT2D eigenvalue weighted by molar-refractivity contribution is -0.115. The van der Waals surface area contributed by atoms with E-state index in [1.165, 1.54) is 11.1 Å². The van der Waals surface area contributed by atoms with Crippen LogP contribution < -0.4 is 5.32 Å². The van der Waals surface area contributed by atoms with Crippen molar-refractivity contribution in [3.05, 3.63) is 41.5 Å². The molecular weight excluding hydrogens is 214 g/mol. The second-order valence-corrected chi connectivity index (χ2v) is 4.97. The van der Waals surface area contributed by atoms with Gasteiger partial charge >= 0.3 is 0 Å². The van der Waals surface area contributed by atoms with E-state index in [1.807, 2.05) is 18.2 Å². The Balaban J connectivity index is 1.97. The second kappa shape index (κ2) is 2.99. The largest absolute Gasteiger partial charge is 0.359 e. The first-order chi connectivity index (χ1) is 8.30. The minimum Gasteiger partial charge on any atom is -0.359 e. The number of nitrogens with one attached hydrogen (secondary N) is 1. The highest BCUT2D eigenvalue weighted by molar-refractivity contribution is 5.97. The number of anilines is 1. The molecule has 1 aliphatic carbocycles. The molecule has 0 unspecified atom stereocenters. The van der Waals surface area contributed by atoms with E-state index < -0.39 is 0 Å². The molecule has 3 heteroatoms. The third-order valence-electron chi connectivity index (χ3n) is 4.16. The van der Waals surface area contributed by atoms with Crippen LogP contribution in [0.3, 0.4) is 0 Å². The highest BCUT2D eigenvalue weighted by atomic mass is 16.5. The molecule has 0 amide bonds. The lowest BCUT2D eigenvalue weighted by atomic mass is 9.73. The zero-order chi connectivity index (χ0) is 11.5. The molecule has 86 valence electrons. The van der Waals surface area contributed by atoms with Crippen LogP contribution in [0.15, 0.2) is 35.9 Å².